The Morgan fingerprint density at radius 1 is 0.667 bits per heavy atom. The molecule has 2 aromatic carbocycles. The Hall–Kier alpha value is -2.92. The Balaban J connectivity index is 1.64. The van der Waals surface area contributed by atoms with Gasteiger partial charge >= 0.3 is 17.8 Å². The molecule has 0 saturated carbocycles. The molecule has 1 fully saturated rings. The number of alkyl halides is 6. The van der Waals surface area contributed by atoms with E-state index in [0.29, 0.717) is 20.9 Å². The summed E-state index contributed by atoms with van der Waals surface area (Å²) in [5, 5.41) is 0. The molecule has 1 saturated heterocycles. The summed E-state index contributed by atoms with van der Waals surface area (Å²) in [4.78, 5) is 1.21. The highest BCUT2D eigenvalue weighted by atomic mass is 32.1. The number of thiophene rings is 2. The molecular formula is C29H20F6O2S2. The maximum Gasteiger partial charge on any atom is 0.380 e. The van der Waals surface area contributed by atoms with E-state index >= 15 is 26.3 Å². The van der Waals surface area contributed by atoms with Gasteiger partial charge in [0.15, 0.2) is 6.29 Å². The van der Waals surface area contributed by atoms with Crippen molar-refractivity contribution in [2.45, 2.75) is 31.0 Å². The monoisotopic (exact) mass is 578 g/mol. The minimum Gasteiger partial charge on any atom is -0.345 e. The lowest BCUT2D eigenvalue weighted by molar-refractivity contribution is -0.254. The van der Waals surface area contributed by atoms with Crippen molar-refractivity contribution < 1.29 is 35.8 Å². The van der Waals surface area contributed by atoms with E-state index in [1.807, 2.05) is 0 Å². The number of rotatable bonds is 5. The number of aryl methyl sites for hydroxylation is 1. The van der Waals surface area contributed by atoms with Crippen LogP contribution in [0, 0.1) is 6.92 Å². The molecule has 0 radical (unpaired) electrons. The zero-order valence-corrected chi connectivity index (χ0v) is 22.0. The first-order valence-electron chi connectivity index (χ1n) is 12.0. The fourth-order valence-electron chi connectivity index (χ4n) is 4.94. The minimum atomic E-state index is -5.66. The van der Waals surface area contributed by atoms with Crippen LogP contribution in [-0.2, 0) is 9.47 Å². The Bertz CT molecular complexity index is 1550. The van der Waals surface area contributed by atoms with Gasteiger partial charge in [-0.05, 0) is 35.7 Å². The van der Waals surface area contributed by atoms with Gasteiger partial charge in [-0.15, -0.1) is 22.7 Å². The van der Waals surface area contributed by atoms with Gasteiger partial charge < -0.3 is 9.47 Å². The zero-order valence-electron chi connectivity index (χ0n) is 20.3. The number of allylic oxidation sites excluding steroid dienone is 2. The van der Waals surface area contributed by atoms with E-state index in [1.54, 1.807) is 60.7 Å². The first-order valence-corrected chi connectivity index (χ1v) is 13.6. The molecule has 10 heteroatoms. The van der Waals surface area contributed by atoms with Crippen molar-refractivity contribution in [3.8, 4) is 20.9 Å². The molecule has 2 aliphatic rings. The summed E-state index contributed by atoms with van der Waals surface area (Å²) in [5.41, 5.74) is -2.24. The van der Waals surface area contributed by atoms with Gasteiger partial charge in [0.05, 0.1) is 18.1 Å². The van der Waals surface area contributed by atoms with E-state index in [9.17, 15) is 0 Å². The normalized spacial score (nSPS) is 20.2. The molecule has 1 aliphatic heterocycles. The average Bonchev–Trinajstić information content (AvgIpc) is 3.69. The minimum absolute atomic E-state index is 0.0446. The van der Waals surface area contributed by atoms with Crippen LogP contribution in [0.1, 0.15) is 27.2 Å². The topological polar surface area (TPSA) is 18.5 Å². The Morgan fingerprint density at radius 2 is 1.13 bits per heavy atom. The van der Waals surface area contributed by atoms with Gasteiger partial charge in [-0.1, -0.05) is 60.7 Å². The van der Waals surface area contributed by atoms with Crippen molar-refractivity contribution in [1.82, 2.24) is 0 Å². The van der Waals surface area contributed by atoms with E-state index in [1.165, 1.54) is 19.1 Å². The Labute approximate surface area is 228 Å². The van der Waals surface area contributed by atoms with Crippen molar-refractivity contribution in [3.05, 3.63) is 93.7 Å². The third-order valence-electron chi connectivity index (χ3n) is 6.84. The smallest absolute Gasteiger partial charge is 0.345 e. The van der Waals surface area contributed by atoms with Gasteiger partial charge in [-0.25, -0.2) is 0 Å². The Kier molecular flexibility index (Phi) is 6.29. The molecule has 0 atom stereocenters. The van der Waals surface area contributed by atoms with E-state index in [-0.39, 0.29) is 28.5 Å². The summed E-state index contributed by atoms with van der Waals surface area (Å²) < 4.78 is 104. The largest absolute Gasteiger partial charge is 0.380 e. The molecular weight excluding hydrogens is 558 g/mol. The Morgan fingerprint density at radius 3 is 1.67 bits per heavy atom. The van der Waals surface area contributed by atoms with Gasteiger partial charge in [0, 0.05) is 31.3 Å². The van der Waals surface area contributed by atoms with Crippen LogP contribution in [0.4, 0.5) is 26.3 Å². The zero-order chi connectivity index (χ0) is 27.6. The van der Waals surface area contributed by atoms with Crippen LogP contribution in [0.5, 0.6) is 0 Å². The molecule has 1 aliphatic carbocycles. The van der Waals surface area contributed by atoms with Crippen molar-refractivity contribution in [2.75, 3.05) is 13.2 Å². The molecule has 2 aromatic heterocycles. The van der Waals surface area contributed by atoms with Gasteiger partial charge in [0.1, 0.15) is 0 Å². The first-order chi connectivity index (χ1) is 18.5. The molecule has 0 unspecified atom stereocenters. The summed E-state index contributed by atoms with van der Waals surface area (Å²) in [7, 11) is 0. The molecule has 6 rings (SSSR count). The summed E-state index contributed by atoms with van der Waals surface area (Å²) in [6.07, 6.45) is -1.14. The molecule has 39 heavy (non-hydrogen) atoms. The van der Waals surface area contributed by atoms with Gasteiger partial charge in [-0.2, -0.15) is 26.3 Å². The van der Waals surface area contributed by atoms with E-state index in [0.717, 1.165) is 22.7 Å². The molecule has 0 bridgehead atoms. The number of hydrogen-bond acceptors (Lipinski definition) is 4. The maximum absolute atomic E-state index is 15.7. The highest BCUT2D eigenvalue weighted by molar-refractivity contribution is 7.16. The van der Waals surface area contributed by atoms with Crippen molar-refractivity contribution in [2.24, 2.45) is 0 Å². The van der Waals surface area contributed by atoms with Crippen LogP contribution in [-0.4, -0.2) is 31.0 Å². The predicted octanol–water partition coefficient (Wildman–Crippen LogP) is 9.33. The van der Waals surface area contributed by atoms with Crippen LogP contribution in [0.3, 0.4) is 0 Å². The number of hydrogen-bond donors (Lipinski definition) is 0. The van der Waals surface area contributed by atoms with Crippen LogP contribution in [0.25, 0.3) is 32.0 Å². The van der Waals surface area contributed by atoms with Crippen LogP contribution < -0.4 is 0 Å². The molecule has 4 aromatic rings. The molecule has 2 nitrogen and oxygen atoms in total. The molecule has 0 amide bonds. The maximum atomic E-state index is 15.7. The van der Waals surface area contributed by atoms with Crippen molar-refractivity contribution >= 4 is 33.8 Å². The molecule has 0 spiro atoms. The number of benzene rings is 2. The highest BCUT2D eigenvalue weighted by Gasteiger charge is 2.80. The average molecular weight is 579 g/mol. The van der Waals surface area contributed by atoms with E-state index in [4.69, 9.17) is 9.47 Å². The quantitative estimate of drug-likeness (QED) is 0.220. The lowest BCUT2D eigenvalue weighted by Crippen LogP contribution is -2.49. The van der Waals surface area contributed by atoms with Crippen LogP contribution in [0.2, 0.25) is 0 Å². The predicted molar refractivity (Wildman–Crippen MR) is 141 cm³/mol. The van der Waals surface area contributed by atoms with Crippen LogP contribution in [0.15, 0.2) is 72.8 Å². The second-order valence-electron chi connectivity index (χ2n) is 9.25. The number of halogens is 6. The SMILES string of the molecule is Cc1sc(-c2ccccc2)cc1C1=C(c2cc(-c3ccccc3)sc2C2OCCO2)C(F)(F)C(F)(F)C1(F)F. The van der Waals surface area contributed by atoms with E-state index < -0.39 is 40.8 Å². The first kappa shape index (κ1) is 26.3. The fourth-order valence-corrected chi connectivity index (χ4v) is 7.14. The summed E-state index contributed by atoms with van der Waals surface area (Å²) in [6.45, 7) is 1.78. The summed E-state index contributed by atoms with van der Waals surface area (Å²) in [5.74, 6) is -16.0. The molecule has 0 N–H and O–H groups in total. The molecule has 202 valence electrons. The third kappa shape index (κ3) is 3.99. The molecule has 3 heterocycles. The van der Waals surface area contributed by atoms with E-state index in [2.05, 4.69) is 0 Å². The standard InChI is InChI=1S/C29H20F6O2S2/c1-16-19(14-21(38-16)17-8-4-2-5-9-17)23-24(28(32,33)29(34,35)27(23,30)31)20-15-22(18-10-6-3-7-11-18)39-25(20)26-36-12-13-37-26/h2-11,14-15,26H,12-13H2,1H3. The van der Waals surface area contributed by atoms with Gasteiger partial charge in [0.25, 0.3) is 0 Å². The van der Waals surface area contributed by atoms with Gasteiger partial charge in [-0.3, -0.25) is 0 Å². The van der Waals surface area contributed by atoms with Gasteiger partial charge in [0.2, 0.25) is 0 Å². The lowest BCUT2D eigenvalue weighted by atomic mass is 9.94. The highest BCUT2D eigenvalue weighted by Crippen LogP contribution is 2.66. The second kappa shape index (κ2) is 9.33. The third-order valence-corrected chi connectivity index (χ3v) is 9.14. The summed E-state index contributed by atoms with van der Waals surface area (Å²) >= 11 is 2.08. The lowest BCUT2D eigenvalue weighted by Gasteiger charge is -2.26. The van der Waals surface area contributed by atoms with Crippen molar-refractivity contribution in [1.29, 1.82) is 0 Å². The fraction of sp³-hybridized carbons (Fsp3) is 0.241. The second-order valence-corrected chi connectivity index (χ2v) is 11.6. The van der Waals surface area contributed by atoms with Crippen molar-refractivity contribution in [3.63, 3.8) is 0 Å². The summed E-state index contributed by atoms with van der Waals surface area (Å²) in [6, 6.07) is 19.9. The van der Waals surface area contributed by atoms with Crippen LogP contribution >= 0.6 is 22.7 Å². The number of ether oxygens (including phenoxy) is 2.